The fraction of sp³-hybridized carbons (Fsp3) is 0.400. The summed E-state index contributed by atoms with van der Waals surface area (Å²) in [5, 5.41) is 10.8. The molecule has 1 amide bonds. The van der Waals surface area contributed by atoms with Gasteiger partial charge in [0.2, 0.25) is 5.91 Å². The van der Waals surface area contributed by atoms with Gasteiger partial charge in [0, 0.05) is 19.2 Å². The molecule has 3 nitrogen and oxygen atoms in total. The number of halogens is 2. The molecule has 0 aliphatic carbocycles. The molecule has 1 aliphatic heterocycles. The van der Waals surface area contributed by atoms with Crippen LogP contribution in [0.25, 0.3) is 6.08 Å². The van der Waals surface area contributed by atoms with Crippen molar-refractivity contribution >= 4 is 35.2 Å². The molecule has 5 heteroatoms. The number of piperidine rings is 1. The molecule has 0 aromatic heterocycles. The zero-order valence-electron chi connectivity index (χ0n) is 11.3. The summed E-state index contributed by atoms with van der Waals surface area (Å²) in [5.41, 5.74) is 0.182. The lowest BCUT2D eigenvalue weighted by atomic mass is 9.94. The molecule has 1 fully saturated rings. The zero-order chi connectivity index (χ0) is 14.8. The van der Waals surface area contributed by atoms with E-state index in [0.717, 1.165) is 5.56 Å². The van der Waals surface area contributed by atoms with Crippen molar-refractivity contribution < 1.29 is 9.90 Å². The van der Waals surface area contributed by atoms with Crippen LogP contribution in [-0.2, 0) is 4.79 Å². The number of benzene rings is 1. The van der Waals surface area contributed by atoms with Crippen molar-refractivity contribution in [2.45, 2.75) is 25.4 Å². The number of likely N-dealkylation sites (tertiary alicyclic amines) is 1. The Morgan fingerprint density at radius 2 is 1.95 bits per heavy atom. The molecule has 108 valence electrons. The van der Waals surface area contributed by atoms with Crippen LogP contribution in [0.2, 0.25) is 10.0 Å². The lowest BCUT2D eigenvalue weighted by Gasteiger charge is -2.35. The molecule has 1 N–H and O–H groups in total. The SMILES string of the molecule is CC1(O)CCN(C(=O)C=Cc2ccc(Cl)c(Cl)c2)CC1. The Hall–Kier alpha value is -1.03. The van der Waals surface area contributed by atoms with Crippen LogP contribution in [0.3, 0.4) is 0 Å². The van der Waals surface area contributed by atoms with Gasteiger partial charge in [0.15, 0.2) is 0 Å². The van der Waals surface area contributed by atoms with Gasteiger partial charge in [-0.05, 0) is 43.5 Å². The molecule has 20 heavy (non-hydrogen) atoms. The minimum absolute atomic E-state index is 0.0495. The van der Waals surface area contributed by atoms with E-state index in [-0.39, 0.29) is 5.91 Å². The van der Waals surface area contributed by atoms with Crippen molar-refractivity contribution in [3.63, 3.8) is 0 Å². The minimum atomic E-state index is -0.649. The maximum atomic E-state index is 12.0. The third-order valence-electron chi connectivity index (χ3n) is 3.51. The second kappa shape index (κ2) is 6.17. The maximum Gasteiger partial charge on any atom is 0.246 e. The van der Waals surface area contributed by atoms with Gasteiger partial charge >= 0.3 is 0 Å². The van der Waals surface area contributed by atoms with E-state index >= 15 is 0 Å². The molecule has 0 unspecified atom stereocenters. The van der Waals surface area contributed by atoms with Crippen LogP contribution in [-0.4, -0.2) is 34.6 Å². The second-order valence-corrected chi connectivity index (χ2v) is 6.14. The summed E-state index contributed by atoms with van der Waals surface area (Å²) in [6.45, 7) is 2.97. The van der Waals surface area contributed by atoms with Crippen LogP contribution in [0, 0.1) is 0 Å². The van der Waals surface area contributed by atoms with Crippen LogP contribution in [0.4, 0.5) is 0 Å². The van der Waals surface area contributed by atoms with Gasteiger partial charge in [-0.3, -0.25) is 4.79 Å². The molecule has 1 aromatic carbocycles. The van der Waals surface area contributed by atoms with Crippen LogP contribution >= 0.6 is 23.2 Å². The third-order valence-corrected chi connectivity index (χ3v) is 4.25. The van der Waals surface area contributed by atoms with E-state index < -0.39 is 5.60 Å². The minimum Gasteiger partial charge on any atom is -0.390 e. The molecular weight excluding hydrogens is 297 g/mol. The number of hydrogen-bond donors (Lipinski definition) is 1. The fourth-order valence-corrected chi connectivity index (χ4v) is 2.40. The number of aliphatic hydroxyl groups is 1. The molecule has 1 aromatic rings. The molecular formula is C15H17Cl2NO2. The average molecular weight is 314 g/mol. The van der Waals surface area contributed by atoms with Gasteiger partial charge in [0.1, 0.15) is 0 Å². The molecule has 0 radical (unpaired) electrons. The molecule has 1 heterocycles. The predicted octanol–water partition coefficient (Wildman–Crippen LogP) is 3.38. The van der Waals surface area contributed by atoms with Gasteiger partial charge in [-0.1, -0.05) is 29.3 Å². The summed E-state index contributed by atoms with van der Waals surface area (Å²) >= 11 is 11.8. The summed E-state index contributed by atoms with van der Waals surface area (Å²) < 4.78 is 0. The second-order valence-electron chi connectivity index (χ2n) is 5.33. The van der Waals surface area contributed by atoms with Crippen LogP contribution < -0.4 is 0 Å². The lowest BCUT2D eigenvalue weighted by Crippen LogP contribution is -2.44. The van der Waals surface area contributed by atoms with Gasteiger partial charge in [0.05, 0.1) is 15.6 Å². The van der Waals surface area contributed by atoms with Crippen molar-refractivity contribution in [3.05, 3.63) is 39.9 Å². The van der Waals surface area contributed by atoms with Crippen LogP contribution in [0.5, 0.6) is 0 Å². The number of carbonyl (C=O) groups excluding carboxylic acids is 1. The van der Waals surface area contributed by atoms with E-state index in [4.69, 9.17) is 23.2 Å². The van der Waals surface area contributed by atoms with Crippen molar-refractivity contribution in [2.24, 2.45) is 0 Å². The number of rotatable bonds is 2. The smallest absolute Gasteiger partial charge is 0.246 e. The monoisotopic (exact) mass is 313 g/mol. The van der Waals surface area contributed by atoms with Crippen molar-refractivity contribution in [1.29, 1.82) is 0 Å². The highest BCUT2D eigenvalue weighted by Gasteiger charge is 2.28. The Bertz CT molecular complexity index is 531. The van der Waals surface area contributed by atoms with Crippen molar-refractivity contribution in [3.8, 4) is 0 Å². The first-order chi connectivity index (χ1) is 9.37. The largest absolute Gasteiger partial charge is 0.390 e. The molecule has 0 saturated carbocycles. The van der Waals surface area contributed by atoms with Gasteiger partial charge in [-0.25, -0.2) is 0 Å². The van der Waals surface area contributed by atoms with E-state index in [1.165, 1.54) is 6.08 Å². The van der Waals surface area contributed by atoms with Gasteiger partial charge in [0.25, 0.3) is 0 Å². The number of amides is 1. The summed E-state index contributed by atoms with van der Waals surface area (Å²) in [6.07, 6.45) is 4.47. The summed E-state index contributed by atoms with van der Waals surface area (Å²) in [7, 11) is 0. The van der Waals surface area contributed by atoms with E-state index in [9.17, 15) is 9.90 Å². The predicted molar refractivity (Wildman–Crippen MR) is 81.9 cm³/mol. The summed E-state index contributed by atoms with van der Waals surface area (Å²) in [4.78, 5) is 13.8. The first-order valence-electron chi connectivity index (χ1n) is 6.52. The maximum absolute atomic E-state index is 12.0. The molecule has 0 atom stereocenters. The van der Waals surface area contributed by atoms with Crippen LogP contribution in [0.15, 0.2) is 24.3 Å². The Kier molecular flexibility index (Phi) is 4.74. The topological polar surface area (TPSA) is 40.5 Å². The highest BCUT2D eigenvalue weighted by Crippen LogP contribution is 2.24. The van der Waals surface area contributed by atoms with Crippen LogP contribution in [0.1, 0.15) is 25.3 Å². The van der Waals surface area contributed by atoms with E-state index in [0.29, 0.717) is 36.0 Å². The Morgan fingerprint density at radius 1 is 1.30 bits per heavy atom. The number of hydrogen-bond acceptors (Lipinski definition) is 2. The van der Waals surface area contributed by atoms with E-state index in [1.807, 2.05) is 0 Å². The summed E-state index contributed by atoms with van der Waals surface area (Å²) in [6, 6.07) is 5.22. The fourth-order valence-electron chi connectivity index (χ4n) is 2.10. The first kappa shape index (κ1) is 15.4. The van der Waals surface area contributed by atoms with E-state index in [1.54, 1.807) is 36.1 Å². The van der Waals surface area contributed by atoms with Crippen molar-refractivity contribution in [2.75, 3.05) is 13.1 Å². The Labute approximate surface area is 128 Å². The highest BCUT2D eigenvalue weighted by molar-refractivity contribution is 6.42. The molecule has 0 spiro atoms. The lowest BCUT2D eigenvalue weighted by molar-refractivity contribution is -0.129. The normalized spacial score (nSPS) is 18.5. The number of carbonyl (C=O) groups is 1. The molecule has 1 saturated heterocycles. The molecule has 1 aliphatic rings. The molecule has 2 rings (SSSR count). The standard InChI is InChI=1S/C15H17Cl2NO2/c1-15(20)6-8-18(9-7-15)14(19)5-3-11-2-4-12(16)13(17)10-11/h2-5,10,20H,6-9H2,1H3. The number of nitrogens with zero attached hydrogens (tertiary/aromatic N) is 1. The van der Waals surface area contributed by atoms with Gasteiger partial charge in [-0.15, -0.1) is 0 Å². The van der Waals surface area contributed by atoms with E-state index in [2.05, 4.69) is 0 Å². The van der Waals surface area contributed by atoms with Gasteiger partial charge in [-0.2, -0.15) is 0 Å². The van der Waals surface area contributed by atoms with Crippen molar-refractivity contribution in [1.82, 2.24) is 4.90 Å². The Balaban J connectivity index is 1.97. The average Bonchev–Trinajstić information content (AvgIpc) is 2.40. The zero-order valence-corrected chi connectivity index (χ0v) is 12.8. The highest BCUT2D eigenvalue weighted by atomic mass is 35.5. The van der Waals surface area contributed by atoms with Gasteiger partial charge < -0.3 is 10.0 Å². The third kappa shape index (κ3) is 3.98. The summed E-state index contributed by atoms with van der Waals surface area (Å²) in [5.74, 6) is -0.0495. The molecule has 0 bridgehead atoms. The quantitative estimate of drug-likeness (QED) is 0.850. The first-order valence-corrected chi connectivity index (χ1v) is 7.27. The Morgan fingerprint density at radius 3 is 2.55 bits per heavy atom.